The van der Waals surface area contributed by atoms with E-state index in [9.17, 15) is 13.6 Å². The number of hydrogen-bond acceptors (Lipinski definition) is 7. The van der Waals surface area contributed by atoms with E-state index < -0.39 is 18.1 Å². The van der Waals surface area contributed by atoms with Crippen LogP contribution in [0.4, 0.5) is 25.2 Å². The summed E-state index contributed by atoms with van der Waals surface area (Å²) in [4.78, 5) is 19.8. The monoisotopic (exact) mass is 405 g/mol. The quantitative estimate of drug-likeness (QED) is 0.673. The number of nitriles is 1. The number of aromatic amines is 1. The van der Waals surface area contributed by atoms with Crippen molar-refractivity contribution in [3.05, 3.63) is 29.8 Å². The van der Waals surface area contributed by atoms with E-state index in [1.54, 1.807) is 0 Å². The summed E-state index contributed by atoms with van der Waals surface area (Å²) in [5.74, 6) is -1.92. The molecule has 3 atom stereocenters. The molecule has 0 radical (unpaired) electrons. The van der Waals surface area contributed by atoms with Crippen LogP contribution in [0.25, 0.3) is 0 Å². The average molecular weight is 405 g/mol. The van der Waals surface area contributed by atoms with Gasteiger partial charge in [0.2, 0.25) is 0 Å². The Hall–Kier alpha value is -3.29. The molecule has 1 amide bonds. The van der Waals surface area contributed by atoms with Gasteiger partial charge in [-0.1, -0.05) is 0 Å². The van der Waals surface area contributed by atoms with Gasteiger partial charge in [-0.25, -0.2) is 23.5 Å². The normalized spacial score (nSPS) is 20.0. The summed E-state index contributed by atoms with van der Waals surface area (Å²) in [6.45, 7) is 1.98. The molecule has 0 spiro atoms. The predicted octanol–water partition coefficient (Wildman–Crippen LogP) is 3.22. The standard InChI is InChI=1S/C18H21F2N7O2/c1-10(18(2,19)20)24-17(28)29-13-4-3-11(5-13)14-6-15(27-26-14)25-16-9-22-12(7-21)8-23-16/h6,8-11,13H,3-5H2,1-2H3,(H,24,28)(H2,23,25,26,27). The zero-order valence-electron chi connectivity index (χ0n) is 15.9. The highest BCUT2D eigenvalue weighted by molar-refractivity contribution is 5.68. The number of amides is 1. The van der Waals surface area contributed by atoms with Crippen molar-refractivity contribution in [3.63, 3.8) is 0 Å². The highest BCUT2D eigenvalue weighted by Gasteiger charge is 2.34. The molecule has 3 unspecified atom stereocenters. The van der Waals surface area contributed by atoms with Gasteiger partial charge < -0.3 is 15.4 Å². The van der Waals surface area contributed by atoms with E-state index in [1.165, 1.54) is 19.3 Å². The van der Waals surface area contributed by atoms with Crippen LogP contribution in [-0.4, -0.2) is 44.3 Å². The zero-order valence-corrected chi connectivity index (χ0v) is 15.9. The van der Waals surface area contributed by atoms with E-state index in [0.29, 0.717) is 24.5 Å². The molecule has 0 aliphatic heterocycles. The smallest absolute Gasteiger partial charge is 0.407 e. The summed E-state index contributed by atoms with van der Waals surface area (Å²) in [7, 11) is 0. The second-order valence-electron chi connectivity index (χ2n) is 7.09. The maximum Gasteiger partial charge on any atom is 0.407 e. The van der Waals surface area contributed by atoms with E-state index in [1.807, 2.05) is 12.1 Å². The molecule has 3 rings (SSSR count). The van der Waals surface area contributed by atoms with Gasteiger partial charge >= 0.3 is 6.09 Å². The maximum atomic E-state index is 13.2. The number of halogens is 2. The fraction of sp³-hybridized carbons (Fsp3) is 0.500. The minimum absolute atomic E-state index is 0.105. The highest BCUT2D eigenvalue weighted by atomic mass is 19.3. The topological polar surface area (TPSA) is 129 Å². The lowest BCUT2D eigenvalue weighted by Crippen LogP contribution is -2.44. The lowest BCUT2D eigenvalue weighted by Gasteiger charge is -2.21. The lowest BCUT2D eigenvalue weighted by molar-refractivity contribution is -0.0144. The number of nitrogens with zero attached hydrogens (tertiary/aromatic N) is 4. The lowest BCUT2D eigenvalue weighted by atomic mass is 10.0. The van der Waals surface area contributed by atoms with E-state index in [4.69, 9.17) is 10.00 Å². The number of H-pyrrole nitrogens is 1. The Morgan fingerprint density at radius 2 is 2.17 bits per heavy atom. The molecule has 1 fully saturated rings. The Morgan fingerprint density at radius 1 is 1.38 bits per heavy atom. The number of carbonyl (C=O) groups is 1. The van der Waals surface area contributed by atoms with Gasteiger partial charge in [0.25, 0.3) is 5.92 Å². The molecule has 154 valence electrons. The number of carbonyl (C=O) groups excluding carboxylic acids is 1. The Kier molecular flexibility index (Phi) is 5.91. The van der Waals surface area contributed by atoms with E-state index in [2.05, 4.69) is 30.8 Å². The highest BCUT2D eigenvalue weighted by Crippen LogP contribution is 2.36. The first-order chi connectivity index (χ1) is 13.7. The molecule has 0 aromatic carbocycles. The number of rotatable bonds is 6. The number of hydrogen-bond donors (Lipinski definition) is 3. The minimum atomic E-state index is -3.02. The van der Waals surface area contributed by atoms with E-state index in [0.717, 1.165) is 19.0 Å². The van der Waals surface area contributed by atoms with Gasteiger partial charge in [0.15, 0.2) is 11.5 Å². The van der Waals surface area contributed by atoms with Crippen LogP contribution < -0.4 is 10.6 Å². The van der Waals surface area contributed by atoms with Crippen LogP contribution >= 0.6 is 0 Å². The molecule has 2 heterocycles. The summed E-state index contributed by atoms with van der Waals surface area (Å²) in [5, 5.41) is 21.0. The third-order valence-corrected chi connectivity index (χ3v) is 4.81. The van der Waals surface area contributed by atoms with Gasteiger partial charge in [0.1, 0.15) is 18.0 Å². The van der Waals surface area contributed by atoms with Crippen LogP contribution in [0.15, 0.2) is 18.5 Å². The van der Waals surface area contributed by atoms with Crippen molar-refractivity contribution in [1.29, 1.82) is 5.26 Å². The second-order valence-corrected chi connectivity index (χ2v) is 7.09. The summed E-state index contributed by atoms with van der Waals surface area (Å²) in [6.07, 6.45) is 3.59. The van der Waals surface area contributed by atoms with Crippen LogP contribution in [0.1, 0.15) is 50.4 Å². The molecule has 0 bridgehead atoms. The molecule has 1 aliphatic carbocycles. The van der Waals surface area contributed by atoms with Gasteiger partial charge in [-0.15, -0.1) is 0 Å². The Balaban J connectivity index is 1.51. The molecule has 1 saturated carbocycles. The molecule has 29 heavy (non-hydrogen) atoms. The van der Waals surface area contributed by atoms with Crippen LogP contribution in [-0.2, 0) is 4.74 Å². The Morgan fingerprint density at radius 3 is 2.83 bits per heavy atom. The number of alkyl halides is 2. The Bertz CT molecular complexity index is 889. The number of ether oxygens (including phenoxy) is 1. The SMILES string of the molecule is CC(NC(=O)OC1CCC(c2cc(Nc3cnc(C#N)cn3)n[nH]2)C1)C(C)(F)F. The first kappa shape index (κ1) is 20.4. The van der Waals surface area contributed by atoms with Gasteiger partial charge in [-0.2, -0.15) is 10.4 Å². The van der Waals surface area contributed by atoms with Gasteiger partial charge in [-0.05, 0) is 26.2 Å². The van der Waals surface area contributed by atoms with Gasteiger partial charge in [-0.3, -0.25) is 5.10 Å². The summed E-state index contributed by atoms with van der Waals surface area (Å²) in [6, 6.07) is 2.41. The predicted molar refractivity (Wildman–Crippen MR) is 98.7 cm³/mol. The molecule has 3 N–H and O–H groups in total. The number of aromatic nitrogens is 4. The van der Waals surface area contributed by atoms with Gasteiger partial charge in [0, 0.05) is 24.6 Å². The third kappa shape index (κ3) is 5.37. The van der Waals surface area contributed by atoms with Crippen molar-refractivity contribution in [3.8, 4) is 6.07 Å². The third-order valence-electron chi connectivity index (χ3n) is 4.81. The first-order valence-electron chi connectivity index (χ1n) is 9.14. The second kappa shape index (κ2) is 8.38. The molecule has 2 aromatic heterocycles. The minimum Gasteiger partial charge on any atom is -0.446 e. The van der Waals surface area contributed by atoms with Crippen LogP contribution in [0, 0.1) is 11.3 Å². The number of alkyl carbamates (subject to hydrolysis) is 1. The summed E-state index contributed by atoms with van der Waals surface area (Å²) < 4.78 is 31.6. The van der Waals surface area contributed by atoms with Crippen molar-refractivity contribution in [2.45, 2.75) is 57.1 Å². The molecule has 9 nitrogen and oxygen atoms in total. The van der Waals surface area contributed by atoms with Crippen molar-refractivity contribution in [1.82, 2.24) is 25.5 Å². The van der Waals surface area contributed by atoms with E-state index >= 15 is 0 Å². The van der Waals surface area contributed by atoms with Crippen molar-refractivity contribution in [2.75, 3.05) is 5.32 Å². The van der Waals surface area contributed by atoms with E-state index in [-0.39, 0.29) is 17.7 Å². The molecule has 0 saturated heterocycles. The van der Waals surface area contributed by atoms with Crippen LogP contribution in [0.5, 0.6) is 0 Å². The average Bonchev–Trinajstić information content (AvgIpc) is 3.31. The number of anilines is 2. The molecule has 11 heteroatoms. The number of nitrogens with one attached hydrogen (secondary N) is 3. The summed E-state index contributed by atoms with van der Waals surface area (Å²) in [5.41, 5.74) is 1.09. The Labute approximate surface area is 165 Å². The van der Waals surface area contributed by atoms with Crippen molar-refractivity contribution < 1.29 is 18.3 Å². The molecular weight excluding hydrogens is 384 g/mol. The molecule has 2 aromatic rings. The van der Waals surface area contributed by atoms with Crippen molar-refractivity contribution in [2.24, 2.45) is 0 Å². The largest absolute Gasteiger partial charge is 0.446 e. The fourth-order valence-electron chi connectivity index (χ4n) is 3.01. The van der Waals surface area contributed by atoms with Crippen LogP contribution in [0.2, 0.25) is 0 Å². The van der Waals surface area contributed by atoms with Gasteiger partial charge in [0.05, 0.1) is 18.4 Å². The molecular formula is C18H21F2N7O2. The molecule has 1 aliphatic rings. The fourth-order valence-corrected chi connectivity index (χ4v) is 3.01. The first-order valence-corrected chi connectivity index (χ1v) is 9.14. The maximum absolute atomic E-state index is 13.2. The van der Waals surface area contributed by atoms with Crippen LogP contribution in [0.3, 0.4) is 0 Å². The zero-order chi connectivity index (χ0) is 21.0. The van der Waals surface area contributed by atoms with Crippen molar-refractivity contribution >= 4 is 17.7 Å². The summed E-state index contributed by atoms with van der Waals surface area (Å²) >= 11 is 0.